The van der Waals surface area contributed by atoms with Crippen LogP contribution in [-0.4, -0.2) is 22.4 Å². The highest BCUT2D eigenvalue weighted by Crippen LogP contribution is 2.59. The van der Waals surface area contributed by atoms with Crippen LogP contribution in [0.15, 0.2) is 23.3 Å². The summed E-state index contributed by atoms with van der Waals surface area (Å²) >= 11 is 0. The number of allylic oxidation sites excluding steroid dienone is 3. The average molecular weight is 403 g/mol. The van der Waals surface area contributed by atoms with E-state index in [1.807, 2.05) is 6.92 Å². The minimum Gasteiger partial charge on any atom is -0.392 e. The molecule has 0 aromatic rings. The molecule has 0 bridgehead atoms. The number of fused-ring (bicyclic) bond motifs is 1. The van der Waals surface area contributed by atoms with Crippen LogP contribution >= 0.6 is 0 Å². The van der Waals surface area contributed by atoms with Gasteiger partial charge in [-0.3, -0.25) is 0 Å². The highest BCUT2D eigenvalue weighted by atomic mass is 16.3. The van der Waals surface area contributed by atoms with Crippen molar-refractivity contribution in [2.75, 3.05) is 0 Å². The molecule has 166 valence electrons. The van der Waals surface area contributed by atoms with Crippen molar-refractivity contribution < 1.29 is 10.2 Å². The Morgan fingerprint density at radius 1 is 1.03 bits per heavy atom. The van der Waals surface area contributed by atoms with Gasteiger partial charge in [-0.05, 0) is 74.0 Å². The van der Waals surface area contributed by atoms with E-state index >= 15 is 0 Å². The van der Waals surface area contributed by atoms with Gasteiger partial charge in [0.1, 0.15) is 0 Å². The lowest BCUT2D eigenvalue weighted by Crippen LogP contribution is -2.36. The Morgan fingerprint density at radius 3 is 2.38 bits per heavy atom. The fourth-order valence-electron chi connectivity index (χ4n) is 6.87. The lowest BCUT2D eigenvalue weighted by Gasteiger charge is -2.44. The van der Waals surface area contributed by atoms with Gasteiger partial charge in [-0.2, -0.15) is 0 Å². The maximum Gasteiger partial charge on any atom is 0.0627 e. The molecule has 0 heterocycles. The van der Waals surface area contributed by atoms with Gasteiger partial charge in [0, 0.05) is 5.92 Å². The first-order chi connectivity index (χ1) is 13.7. The SMILES string of the molecule is CC(C)CCC[C@@H](C)[C@H]1CC[C@H]2/C(=C/C=C3C[C@@H](O)C(C)[C@H](O)C3)CCC[C@]12C. The van der Waals surface area contributed by atoms with E-state index in [0.717, 1.165) is 36.5 Å². The van der Waals surface area contributed by atoms with Crippen molar-refractivity contribution in [3.63, 3.8) is 0 Å². The predicted molar refractivity (Wildman–Crippen MR) is 123 cm³/mol. The molecular weight excluding hydrogens is 356 g/mol. The molecule has 0 aromatic heterocycles. The third-order valence-electron chi connectivity index (χ3n) is 8.86. The lowest BCUT2D eigenvalue weighted by atomic mass is 9.60. The molecule has 0 amide bonds. The van der Waals surface area contributed by atoms with Crippen LogP contribution in [-0.2, 0) is 0 Å². The monoisotopic (exact) mass is 402 g/mol. The van der Waals surface area contributed by atoms with E-state index in [4.69, 9.17) is 0 Å². The van der Waals surface area contributed by atoms with Crippen molar-refractivity contribution in [2.45, 2.75) is 111 Å². The molecule has 2 heteroatoms. The maximum absolute atomic E-state index is 10.2. The Kier molecular flexibility index (Phi) is 7.71. The van der Waals surface area contributed by atoms with Crippen molar-refractivity contribution in [1.29, 1.82) is 0 Å². The summed E-state index contributed by atoms with van der Waals surface area (Å²) in [7, 11) is 0. The summed E-state index contributed by atoms with van der Waals surface area (Å²) in [6.07, 6.45) is 16.1. The Hall–Kier alpha value is -0.600. The van der Waals surface area contributed by atoms with E-state index < -0.39 is 12.2 Å². The van der Waals surface area contributed by atoms with Crippen LogP contribution in [0.5, 0.6) is 0 Å². The van der Waals surface area contributed by atoms with E-state index in [1.165, 1.54) is 56.9 Å². The van der Waals surface area contributed by atoms with Crippen molar-refractivity contribution in [2.24, 2.45) is 35.0 Å². The first-order valence-electron chi connectivity index (χ1n) is 12.5. The smallest absolute Gasteiger partial charge is 0.0627 e. The molecule has 29 heavy (non-hydrogen) atoms. The van der Waals surface area contributed by atoms with Gasteiger partial charge < -0.3 is 10.2 Å². The second kappa shape index (κ2) is 9.69. The Bertz CT molecular complexity index is 590. The van der Waals surface area contributed by atoms with Gasteiger partial charge in [-0.1, -0.05) is 77.2 Å². The van der Waals surface area contributed by atoms with Crippen molar-refractivity contribution >= 4 is 0 Å². The molecular formula is C27H46O2. The minimum atomic E-state index is -0.400. The van der Waals surface area contributed by atoms with Crippen LogP contribution in [0.3, 0.4) is 0 Å². The molecule has 0 unspecified atom stereocenters. The molecule has 3 saturated carbocycles. The van der Waals surface area contributed by atoms with Crippen LogP contribution in [0.25, 0.3) is 0 Å². The first-order valence-corrected chi connectivity index (χ1v) is 12.5. The number of hydrogen-bond donors (Lipinski definition) is 2. The Balaban J connectivity index is 1.68. The van der Waals surface area contributed by atoms with Gasteiger partial charge in [-0.25, -0.2) is 0 Å². The van der Waals surface area contributed by atoms with E-state index in [-0.39, 0.29) is 5.92 Å². The van der Waals surface area contributed by atoms with Crippen LogP contribution in [0.4, 0.5) is 0 Å². The maximum atomic E-state index is 10.2. The van der Waals surface area contributed by atoms with Crippen LogP contribution < -0.4 is 0 Å². The van der Waals surface area contributed by atoms with E-state index in [9.17, 15) is 10.2 Å². The molecule has 0 aliphatic heterocycles. The normalized spacial score (nSPS) is 40.3. The summed E-state index contributed by atoms with van der Waals surface area (Å²) in [5.74, 6) is 3.27. The molecule has 3 aliphatic carbocycles. The van der Waals surface area contributed by atoms with Crippen LogP contribution in [0.1, 0.15) is 98.8 Å². The zero-order chi connectivity index (χ0) is 21.2. The van der Waals surface area contributed by atoms with Crippen molar-refractivity contribution in [1.82, 2.24) is 0 Å². The van der Waals surface area contributed by atoms with Gasteiger partial charge in [0.15, 0.2) is 0 Å². The molecule has 2 N–H and O–H groups in total. The van der Waals surface area contributed by atoms with Crippen molar-refractivity contribution in [3.05, 3.63) is 23.3 Å². The molecule has 0 aromatic carbocycles. The molecule has 3 aliphatic rings. The van der Waals surface area contributed by atoms with Gasteiger partial charge in [0.2, 0.25) is 0 Å². The molecule has 0 spiro atoms. The number of aliphatic hydroxyl groups is 2. The van der Waals surface area contributed by atoms with E-state index in [1.54, 1.807) is 5.57 Å². The van der Waals surface area contributed by atoms with Crippen molar-refractivity contribution in [3.8, 4) is 0 Å². The van der Waals surface area contributed by atoms with Crippen LogP contribution in [0.2, 0.25) is 0 Å². The first kappa shape index (κ1) is 23.1. The van der Waals surface area contributed by atoms with Crippen LogP contribution in [0, 0.1) is 35.0 Å². The largest absolute Gasteiger partial charge is 0.392 e. The second-order valence-corrected chi connectivity index (χ2v) is 11.4. The van der Waals surface area contributed by atoms with Gasteiger partial charge >= 0.3 is 0 Å². The summed E-state index contributed by atoms with van der Waals surface area (Å²) in [5, 5.41) is 20.5. The second-order valence-electron chi connectivity index (χ2n) is 11.4. The number of hydrogen-bond acceptors (Lipinski definition) is 2. The minimum absolute atomic E-state index is 0.00875. The fraction of sp³-hybridized carbons (Fsp3) is 0.852. The molecule has 3 fully saturated rings. The van der Waals surface area contributed by atoms with E-state index in [0.29, 0.717) is 5.41 Å². The number of rotatable bonds is 6. The standard InChI is InChI=1S/C27H46O2/c1-18(2)8-6-9-19(3)23-13-14-24-22(10-7-15-27(23,24)5)12-11-21-16-25(28)20(4)26(29)17-21/h11-12,18-20,23-26,28-29H,6-10,13-17H2,1-5H3/b21-11?,22-12+/t19-,20?,23-,24+,25-,26-,27-/m1/s1. The fourth-order valence-corrected chi connectivity index (χ4v) is 6.87. The zero-order valence-corrected chi connectivity index (χ0v) is 19.7. The van der Waals surface area contributed by atoms with Gasteiger partial charge in [0.05, 0.1) is 12.2 Å². The third kappa shape index (κ3) is 5.18. The number of aliphatic hydroxyl groups excluding tert-OH is 2. The summed E-state index contributed by atoms with van der Waals surface area (Å²) in [4.78, 5) is 0. The highest BCUT2D eigenvalue weighted by Gasteiger charge is 2.50. The molecule has 2 nitrogen and oxygen atoms in total. The summed E-state index contributed by atoms with van der Waals surface area (Å²) in [6.45, 7) is 11.7. The highest BCUT2D eigenvalue weighted by molar-refractivity contribution is 5.26. The van der Waals surface area contributed by atoms with Gasteiger partial charge in [0.25, 0.3) is 0 Å². The Labute approximate surface area is 179 Å². The summed E-state index contributed by atoms with van der Waals surface area (Å²) in [6, 6.07) is 0. The predicted octanol–water partition coefficient (Wildman–Crippen LogP) is 6.67. The summed E-state index contributed by atoms with van der Waals surface area (Å²) < 4.78 is 0. The van der Waals surface area contributed by atoms with Gasteiger partial charge in [-0.15, -0.1) is 0 Å². The quantitative estimate of drug-likeness (QED) is 0.521. The lowest BCUT2D eigenvalue weighted by molar-refractivity contribution is 0.00407. The van der Waals surface area contributed by atoms with E-state index in [2.05, 4.69) is 39.8 Å². The molecule has 0 saturated heterocycles. The summed E-state index contributed by atoms with van der Waals surface area (Å²) in [5.41, 5.74) is 3.34. The molecule has 0 radical (unpaired) electrons. The zero-order valence-electron chi connectivity index (χ0n) is 19.7. The molecule has 6 atom stereocenters. The third-order valence-corrected chi connectivity index (χ3v) is 8.86. The Morgan fingerprint density at radius 2 is 1.72 bits per heavy atom. The topological polar surface area (TPSA) is 40.5 Å². The molecule has 3 rings (SSSR count). The average Bonchev–Trinajstić information content (AvgIpc) is 3.01.